The van der Waals surface area contributed by atoms with Gasteiger partial charge in [0, 0.05) is 13.1 Å². The minimum Gasteiger partial charge on any atom is -0.309 e. The molecule has 0 bridgehead atoms. The van der Waals surface area contributed by atoms with E-state index in [4.69, 9.17) is 0 Å². The Bertz CT molecular complexity index is 373. The van der Waals surface area contributed by atoms with Crippen LogP contribution in [0.2, 0.25) is 0 Å². The fourth-order valence-corrected chi connectivity index (χ4v) is 1.67. The van der Waals surface area contributed by atoms with Crippen molar-refractivity contribution in [3.05, 3.63) is 41.0 Å². The molecule has 1 aliphatic heterocycles. The predicted octanol–water partition coefficient (Wildman–Crippen LogP) is 2.26. The average Bonchev–Trinajstić information content (AvgIpc) is 2.54. The van der Waals surface area contributed by atoms with Gasteiger partial charge in [-0.25, -0.2) is 8.78 Å². The van der Waals surface area contributed by atoms with Gasteiger partial charge in [0.05, 0.1) is 5.56 Å². The Morgan fingerprint density at radius 3 is 2.36 bits per heavy atom. The maximum absolute atomic E-state index is 13.5. The van der Waals surface area contributed by atoms with Crippen molar-refractivity contribution in [2.24, 2.45) is 0 Å². The summed E-state index contributed by atoms with van der Waals surface area (Å²) in [4.78, 5) is 0. The molecule has 0 saturated carbocycles. The molecule has 0 radical (unpaired) electrons. The highest BCUT2D eigenvalue weighted by Gasteiger charge is 2.16. The van der Waals surface area contributed by atoms with Crippen LogP contribution in [-0.2, 0) is 0 Å². The van der Waals surface area contributed by atoms with Crippen molar-refractivity contribution in [2.75, 3.05) is 13.1 Å². The van der Waals surface area contributed by atoms with Gasteiger partial charge in [0.1, 0.15) is 11.6 Å². The SMILES string of the molecule is Cc1cc(F)c(C2=CCNC2)c(F)c1. The predicted molar refractivity (Wildman–Crippen MR) is 51.9 cm³/mol. The van der Waals surface area contributed by atoms with Crippen LogP contribution < -0.4 is 5.32 Å². The van der Waals surface area contributed by atoms with E-state index in [9.17, 15) is 8.78 Å². The van der Waals surface area contributed by atoms with Crippen LogP contribution in [0.4, 0.5) is 8.78 Å². The Morgan fingerprint density at radius 2 is 1.86 bits per heavy atom. The Morgan fingerprint density at radius 1 is 1.21 bits per heavy atom. The molecule has 0 atom stereocenters. The van der Waals surface area contributed by atoms with Gasteiger partial charge in [-0.3, -0.25) is 0 Å². The van der Waals surface area contributed by atoms with E-state index in [0.717, 1.165) is 0 Å². The third-order valence-electron chi connectivity index (χ3n) is 2.32. The van der Waals surface area contributed by atoms with E-state index in [1.54, 1.807) is 6.92 Å². The van der Waals surface area contributed by atoms with E-state index in [1.165, 1.54) is 12.1 Å². The highest BCUT2D eigenvalue weighted by molar-refractivity contribution is 5.70. The standard InChI is InChI=1S/C11H11F2N/c1-7-4-9(12)11(10(13)5-7)8-2-3-14-6-8/h2,4-5,14H,3,6H2,1H3. The van der Waals surface area contributed by atoms with E-state index < -0.39 is 11.6 Å². The molecule has 14 heavy (non-hydrogen) atoms. The summed E-state index contributed by atoms with van der Waals surface area (Å²) in [5.41, 5.74) is 1.43. The van der Waals surface area contributed by atoms with Crippen molar-refractivity contribution in [1.82, 2.24) is 5.32 Å². The molecule has 1 N–H and O–H groups in total. The summed E-state index contributed by atoms with van der Waals surface area (Å²) < 4.78 is 26.9. The minimum absolute atomic E-state index is 0.112. The van der Waals surface area contributed by atoms with E-state index >= 15 is 0 Å². The van der Waals surface area contributed by atoms with E-state index in [0.29, 0.717) is 24.2 Å². The molecule has 0 saturated heterocycles. The molecular formula is C11H11F2N. The molecule has 1 aromatic carbocycles. The molecule has 0 fully saturated rings. The minimum atomic E-state index is -0.475. The second-order valence-corrected chi connectivity index (χ2v) is 3.46. The topological polar surface area (TPSA) is 12.0 Å². The monoisotopic (exact) mass is 195 g/mol. The van der Waals surface area contributed by atoms with Gasteiger partial charge in [0.2, 0.25) is 0 Å². The van der Waals surface area contributed by atoms with Crippen molar-refractivity contribution in [3.8, 4) is 0 Å². The summed E-state index contributed by atoms with van der Waals surface area (Å²) in [6.45, 7) is 2.90. The zero-order valence-electron chi connectivity index (χ0n) is 7.90. The van der Waals surface area contributed by atoms with Crippen molar-refractivity contribution in [2.45, 2.75) is 6.92 Å². The molecule has 0 amide bonds. The van der Waals surface area contributed by atoms with Crippen LogP contribution in [-0.4, -0.2) is 13.1 Å². The summed E-state index contributed by atoms with van der Waals surface area (Å²) in [6, 6.07) is 2.72. The van der Waals surface area contributed by atoms with Crippen LogP contribution in [0.25, 0.3) is 5.57 Å². The summed E-state index contributed by atoms with van der Waals surface area (Å²) in [5.74, 6) is -0.949. The second-order valence-electron chi connectivity index (χ2n) is 3.46. The number of nitrogens with one attached hydrogen (secondary N) is 1. The van der Waals surface area contributed by atoms with Crippen LogP contribution in [0.3, 0.4) is 0 Å². The van der Waals surface area contributed by atoms with Crippen LogP contribution in [0.5, 0.6) is 0 Å². The largest absolute Gasteiger partial charge is 0.309 e. The van der Waals surface area contributed by atoms with Crippen LogP contribution in [0, 0.1) is 18.6 Å². The number of aryl methyl sites for hydroxylation is 1. The van der Waals surface area contributed by atoms with Gasteiger partial charge < -0.3 is 5.32 Å². The summed E-state index contributed by atoms with van der Waals surface area (Å²) in [7, 11) is 0. The quantitative estimate of drug-likeness (QED) is 0.724. The summed E-state index contributed by atoms with van der Waals surface area (Å²) >= 11 is 0. The number of hydrogen-bond acceptors (Lipinski definition) is 1. The second kappa shape index (κ2) is 3.50. The van der Waals surface area contributed by atoms with E-state index in [-0.39, 0.29) is 5.56 Å². The molecule has 2 rings (SSSR count). The first-order valence-corrected chi connectivity index (χ1v) is 4.54. The Labute approximate surface area is 81.4 Å². The lowest BCUT2D eigenvalue weighted by Crippen LogP contribution is -2.09. The number of rotatable bonds is 1. The lowest BCUT2D eigenvalue weighted by molar-refractivity contribution is 0.574. The van der Waals surface area contributed by atoms with Crippen molar-refractivity contribution in [3.63, 3.8) is 0 Å². The lowest BCUT2D eigenvalue weighted by Gasteiger charge is -2.06. The molecular weight excluding hydrogens is 184 g/mol. The van der Waals surface area contributed by atoms with Gasteiger partial charge >= 0.3 is 0 Å². The molecule has 1 aromatic rings. The number of halogens is 2. The molecule has 74 valence electrons. The highest BCUT2D eigenvalue weighted by atomic mass is 19.1. The zero-order valence-corrected chi connectivity index (χ0v) is 7.90. The van der Waals surface area contributed by atoms with E-state index in [1.807, 2.05) is 6.08 Å². The van der Waals surface area contributed by atoms with Crippen LogP contribution in [0.1, 0.15) is 11.1 Å². The van der Waals surface area contributed by atoms with Gasteiger partial charge in [0.25, 0.3) is 0 Å². The third kappa shape index (κ3) is 1.55. The molecule has 3 heteroatoms. The van der Waals surface area contributed by atoms with E-state index in [2.05, 4.69) is 5.32 Å². The lowest BCUT2D eigenvalue weighted by atomic mass is 10.0. The first kappa shape index (κ1) is 9.34. The Kier molecular flexibility index (Phi) is 2.33. The molecule has 1 nitrogen and oxygen atoms in total. The van der Waals surface area contributed by atoms with Crippen molar-refractivity contribution < 1.29 is 8.78 Å². The van der Waals surface area contributed by atoms with Crippen molar-refractivity contribution in [1.29, 1.82) is 0 Å². The maximum atomic E-state index is 13.5. The number of benzene rings is 1. The number of hydrogen-bond donors (Lipinski definition) is 1. The van der Waals surface area contributed by atoms with Gasteiger partial charge in [-0.05, 0) is 30.2 Å². The fraction of sp³-hybridized carbons (Fsp3) is 0.273. The highest BCUT2D eigenvalue weighted by Crippen LogP contribution is 2.24. The molecule has 0 spiro atoms. The maximum Gasteiger partial charge on any atom is 0.133 e. The van der Waals surface area contributed by atoms with Crippen LogP contribution >= 0.6 is 0 Å². The third-order valence-corrected chi connectivity index (χ3v) is 2.32. The summed E-state index contributed by atoms with van der Waals surface area (Å²) in [6.07, 6.45) is 1.82. The normalized spacial score (nSPS) is 15.8. The van der Waals surface area contributed by atoms with Crippen LogP contribution in [0.15, 0.2) is 18.2 Å². The first-order chi connectivity index (χ1) is 6.68. The average molecular weight is 195 g/mol. The first-order valence-electron chi connectivity index (χ1n) is 4.54. The summed E-state index contributed by atoms with van der Waals surface area (Å²) in [5, 5.41) is 3.01. The fourth-order valence-electron chi connectivity index (χ4n) is 1.67. The van der Waals surface area contributed by atoms with Gasteiger partial charge in [-0.1, -0.05) is 6.08 Å². The van der Waals surface area contributed by atoms with Gasteiger partial charge in [-0.2, -0.15) is 0 Å². The van der Waals surface area contributed by atoms with Gasteiger partial charge in [0.15, 0.2) is 0 Å². The smallest absolute Gasteiger partial charge is 0.133 e. The Balaban J connectivity index is 2.52. The molecule has 0 unspecified atom stereocenters. The molecule has 1 heterocycles. The van der Waals surface area contributed by atoms with Gasteiger partial charge in [-0.15, -0.1) is 0 Å². The Hall–Kier alpha value is -1.22. The molecule has 1 aliphatic rings. The zero-order chi connectivity index (χ0) is 10.1. The molecule has 0 aromatic heterocycles. The molecule has 0 aliphatic carbocycles. The van der Waals surface area contributed by atoms with Crippen molar-refractivity contribution >= 4 is 5.57 Å².